The Labute approximate surface area is 132 Å². The van der Waals surface area contributed by atoms with Crippen LogP contribution in [-0.4, -0.2) is 27.5 Å². The van der Waals surface area contributed by atoms with E-state index in [1.54, 1.807) is 23.5 Å². The number of phenolic OH excluding ortho intramolecular Hbond substituents is 1. The van der Waals surface area contributed by atoms with Crippen molar-refractivity contribution in [2.24, 2.45) is 0 Å². The number of rotatable bonds is 5. The molecular formula is C16H17N3O2S. The van der Waals surface area contributed by atoms with Gasteiger partial charge in [-0.15, -0.1) is 11.3 Å². The molecule has 6 heteroatoms. The van der Waals surface area contributed by atoms with Gasteiger partial charge in [0.25, 0.3) is 0 Å². The van der Waals surface area contributed by atoms with E-state index >= 15 is 0 Å². The summed E-state index contributed by atoms with van der Waals surface area (Å²) in [6.07, 6.45) is 2.95. The fourth-order valence-corrected chi connectivity index (χ4v) is 3.04. The topological polar surface area (TPSA) is 78.0 Å². The number of phenols is 1. The Morgan fingerprint density at radius 2 is 2.32 bits per heavy atom. The van der Waals surface area contributed by atoms with E-state index in [9.17, 15) is 9.90 Å². The molecule has 0 radical (unpaired) electrons. The highest BCUT2D eigenvalue weighted by molar-refractivity contribution is 7.09. The molecule has 0 saturated heterocycles. The summed E-state index contributed by atoms with van der Waals surface area (Å²) in [6, 6.07) is 5.23. The summed E-state index contributed by atoms with van der Waals surface area (Å²) >= 11 is 1.55. The van der Waals surface area contributed by atoms with E-state index in [1.807, 2.05) is 24.6 Å². The predicted octanol–water partition coefficient (Wildman–Crippen LogP) is 2.54. The first-order chi connectivity index (χ1) is 10.6. The minimum Gasteiger partial charge on any atom is -0.508 e. The number of nitrogens with one attached hydrogen (secondary N) is 2. The molecule has 0 aliphatic rings. The number of aromatic amines is 1. The van der Waals surface area contributed by atoms with Gasteiger partial charge in [0.1, 0.15) is 5.75 Å². The van der Waals surface area contributed by atoms with Gasteiger partial charge in [-0.1, -0.05) is 0 Å². The SMILES string of the molecule is Cc1nc(CC(=O)NCCc2c[nH]c3ccc(O)cc23)cs1. The fraction of sp³-hybridized carbons (Fsp3) is 0.250. The van der Waals surface area contributed by atoms with E-state index < -0.39 is 0 Å². The molecule has 0 atom stereocenters. The lowest BCUT2D eigenvalue weighted by molar-refractivity contribution is -0.120. The molecule has 3 rings (SSSR count). The average molecular weight is 315 g/mol. The number of carbonyl (C=O) groups excluding carboxylic acids is 1. The molecular weight excluding hydrogens is 298 g/mol. The number of aryl methyl sites for hydroxylation is 1. The number of aromatic nitrogens is 2. The Morgan fingerprint density at radius 1 is 1.45 bits per heavy atom. The van der Waals surface area contributed by atoms with Crippen LogP contribution in [-0.2, 0) is 17.6 Å². The van der Waals surface area contributed by atoms with Crippen molar-refractivity contribution in [3.05, 3.63) is 46.0 Å². The number of hydrogen-bond donors (Lipinski definition) is 3. The molecule has 2 aromatic heterocycles. The first-order valence-electron chi connectivity index (χ1n) is 7.08. The van der Waals surface area contributed by atoms with Gasteiger partial charge in [0.05, 0.1) is 17.1 Å². The number of hydrogen-bond acceptors (Lipinski definition) is 4. The molecule has 0 unspecified atom stereocenters. The fourth-order valence-electron chi connectivity index (χ4n) is 2.43. The Kier molecular flexibility index (Phi) is 4.11. The largest absolute Gasteiger partial charge is 0.508 e. The van der Waals surface area contributed by atoms with Crippen molar-refractivity contribution >= 4 is 28.1 Å². The van der Waals surface area contributed by atoms with Gasteiger partial charge in [0.15, 0.2) is 0 Å². The third kappa shape index (κ3) is 3.28. The van der Waals surface area contributed by atoms with Gasteiger partial charge in [0, 0.05) is 29.0 Å². The lowest BCUT2D eigenvalue weighted by Crippen LogP contribution is -2.27. The number of fused-ring (bicyclic) bond motifs is 1. The molecule has 0 bridgehead atoms. The Morgan fingerprint density at radius 3 is 3.09 bits per heavy atom. The van der Waals surface area contributed by atoms with Gasteiger partial charge in [-0.3, -0.25) is 4.79 Å². The maximum Gasteiger partial charge on any atom is 0.226 e. The number of amides is 1. The molecule has 0 saturated carbocycles. The standard InChI is InChI=1S/C16H17N3O2S/c1-10-19-12(9-22-10)6-16(21)17-5-4-11-8-18-15-3-2-13(20)7-14(11)15/h2-3,7-9,18,20H,4-6H2,1H3,(H,17,21). The number of H-pyrrole nitrogens is 1. The summed E-state index contributed by atoms with van der Waals surface area (Å²) in [4.78, 5) is 19.3. The van der Waals surface area contributed by atoms with Crippen molar-refractivity contribution < 1.29 is 9.90 Å². The Balaban J connectivity index is 1.55. The van der Waals surface area contributed by atoms with Crippen molar-refractivity contribution in [3.63, 3.8) is 0 Å². The van der Waals surface area contributed by atoms with E-state index in [0.29, 0.717) is 19.4 Å². The number of carbonyl (C=O) groups is 1. The summed E-state index contributed by atoms with van der Waals surface area (Å²) in [5, 5.41) is 16.3. The Bertz CT molecular complexity index is 807. The van der Waals surface area contributed by atoms with Crippen molar-refractivity contribution in [2.75, 3.05) is 6.54 Å². The van der Waals surface area contributed by atoms with Gasteiger partial charge in [-0.25, -0.2) is 4.98 Å². The van der Waals surface area contributed by atoms with E-state index in [2.05, 4.69) is 15.3 Å². The minimum atomic E-state index is -0.0204. The molecule has 22 heavy (non-hydrogen) atoms. The molecule has 5 nitrogen and oxygen atoms in total. The maximum atomic E-state index is 11.9. The third-order valence-electron chi connectivity index (χ3n) is 3.48. The van der Waals surface area contributed by atoms with Gasteiger partial charge >= 0.3 is 0 Å². The van der Waals surface area contributed by atoms with Crippen LogP contribution in [0, 0.1) is 6.92 Å². The lowest BCUT2D eigenvalue weighted by atomic mass is 10.1. The minimum absolute atomic E-state index is 0.0204. The third-order valence-corrected chi connectivity index (χ3v) is 4.30. The maximum absolute atomic E-state index is 11.9. The molecule has 1 aromatic carbocycles. The monoisotopic (exact) mass is 315 g/mol. The summed E-state index contributed by atoms with van der Waals surface area (Å²) in [7, 11) is 0. The predicted molar refractivity (Wildman–Crippen MR) is 87.2 cm³/mol. The van der Waals surface area contributed by atoms with Gasteiger partial charge < -0.3 is 15.4 Å². The van der Waals surface area contributed by atoms with E-state index in [0.717, 1.165) is 27.2 Å². The van der Waals surface area contributed by atoms with Crippen LogP contribution in [0.1, 0.15) is 16.3 Å². The van der Waals surface area contributed by atoms with Crippen molar-refractivity contribution in [2.45, 2.75) is 19.8 Å². The summed E-state index contributed by atoms with van der Waals surface area (Å²) in [6.45, 7) is 2.49. The molecule has 1 amide bonds. The second-order valence-electron chi connectivity index (χ2n) is 5.18. The number of nitrogens with zero attached hydrogens (tertiary/aromatic N) is 1. The first-order valence-corrected chi connectivity index (χ1v) is 7.96. The smallest absolute Gasteiger partial charge is 0.226 e. The number of aromatic hydroxyl groups is 1. The molecule has 0 fully saturated rings. The van der Waals surface area contributed by atoms with Crippen LogP contribution in [0.3, 0.4) is 0 Å². The van der Waals surface area contributed by atoms with Gasteiger partial charge in [-0.05, 0) is 37.1 Å². The van der Waals surface area contributed by atoms with Crippen LogP contribution >= 0.6 is 11.3 Å². The number of benzene rings is 1. The van der Waals surface area contributed by atoms with Crippen molar-refractivity contribution in [1.29, 1.82) is 0 Å². The van der Waals surface area contributed by atoms with E-state index in [1.165, 1.54) is 0 Å². The Hall–Kier alpha value is -2.34. The van der Waals surface area contributed by atoms with Crippen LogP contribution in [0.4, 0.5) is 0 Å². The van der Waals surface area contributed by atoms with Crippen LogP contribution < -0.4 is 5.32 Å². The van der Waals surface area contributed by atoms with Gasteiger partial charge in [0.2, 0.25) is 5.91 Å². The van der Waals surface area contributed by atoms with E-state index in [-0.39, 0.29) is 11.7 Å². The molecule has 3 aromatic rings. The molecule has 0 spiro atoms. The summed E-state index contributed by atoms with van der Waals surface area (Å²) in [5.41, 5.74) is 2.88. The highest BCUT2D eigenvalue weighted by atomic mass is 32.1. The van der Waals surface area contributed by atoms with Crippen molar-refractivity contribution in [3.8, 4) is 5.75 Å². The first kappa shape index (κ1) is 14.6. The molecule has 114 valence electrons. The second kappa shape index (κ2) is 6.19. The quantitative estimate of drug-likeness (QED) is 0.677. The van der Waals surface area contributed by atoms with Crippen LogP contribution in [0.5, 0.6) is 5.75 Å². The van der Waals surface area contributed by atoms with E-state index in [4.69, 9.17) is 0 Å². The molecule has 0 aliphatic carbocycles. The summed E-state index contributed by atoms with van der Waals surface area (Å²) < 4.78 is 0. The highest BCUT2D eigenvalue weighted by Gasteiger charge is 2.08. The van der Waals surface area contributed by atoms with Gasteiger partial charge in [-0.2, -0.15) is 0 Å². The highest BCUT2D eigenvalue weighted by Crippen LogP contribution is 2.23. The summed E-state index contributed by atoms with van der Waals surface area (Å²) in [5.74, 6) is 0.226. The average Bonchev–Trinajstić information content (AvgIpc) is 3.05. The molecule has 0 aliphatic heterocycles. The molecule has 2 heterocycles. The number of thiazole rings is 1. The zero-order valence-corrected chi connectivity index (χ0v) is 13.0. The zero-order valence-electron chi connectivity index (χ0n) is 12.2. The van der Waals surface area contributed by atoms with Crippen LogP contribution in [0.15, 0.2) is 29.8 Å². The van der Waals surface area contributed by atoms with Crippen LogP contribution in [0.2, 0.25) is 0 Å². The van der Waals surface area contributed by atoms with Crippen LogP contribution in [0.25, 0.3) is 10.9 Å². The lowest BCUT2D eigenvalue weighted by Gasteiger charge is -2.04. The normalized spacial score (nSPS) is 11.0. The van der Waals surface area contributed by atoms with Crippen molar-refractivity contribution in [1.82, 2.24) is 15.3 Å². The molecule has 3 N–H and O–H groups in total. The zero-order chi connectivity index (χ0) is 15.5. The second-order valence-corrected chi connectivity index (χ2v) is 6.24.